The van der Waals surface area contributed by atoms with Gasteiger partial charge in [-0.1, -0.05) is 45.0 Å². The topological polar surface area (TPSA) is 72.2 Å². The summed E-state index contributed by atoms with van der Waals surface area (Å²) >= 11 is 0. The van der Waals surface area contributed by atoms with Gasteiger partial charge in [0.15, 0.2) is 0 Å². The molecule has 5 heteroatoms. The molecule has 0 aliphatic heterocycles. The Balaban J connectivity index is 1.94. The van der Waals surface area contributed by atoms with E-state index in [0.717, 1.165) is 5.56 Å². The molecule has 0 saturated heterocycles. The van der Waals surface area contributed by atoms with Crippen LogP contribution in [-0.2, 0) is 16.6 Å². The maximum Gasteiger partial charge on any atom is 0.269 e. The molecule has 0 heterocycles. The largest absolute Gasteiger partial charge is 0.326 e. The van der Waals surface area contributed by atoms with Gasteiger partial charge in [-0.25, -0.2) is 0 Å². The van der Waals surface area contributed by atoms with Crippen LogP contribution in [-0.4, -0.2) is 10.8 Å². The van der Waals surface area contributed by atoms with E-state index in [9.17, 15) is 14.9 Å². The molecule has 2 aromatic carbocycles. The number of nitro benzene ring substituents is 1. The Bertz CT molecular complexity index is 775. The fourth-order valence-corrected chi connectivity index (χ4v) is 2.54. The molecule has 0 spiro atoms. The van der Waals surface area contributed by atoms with E-state index in [1.54, 1.807) is 13.0 Å². The molecular weight excluding hydrogens is 316 g/mol. The second kappa shape index (κ2) is 7.47. The number of benzene rings is 2. The van der Waals surface area contributed by atoms with Gasteiger partial charge in [-0.3, -0.25) is 14.9 Å². The normalized spacial score (nSPS) is 11.2. The number of amides is 1. The molecule has 0 unspecified atom stereocenters. The molecule has 0 fully saturated rings. The maximum absolute atomic E-state index is 12.1. The van der Waals surface area contributed by atoms with Gasteiger partial charge in [-0.15, -0.1) is 0 Å². The number of non-ortho nitro benzene ring substituents is 1. The van der Waals surface area contributed by atoms with Crippen molar-refractivity contribution in [2.75, 3.05) is 5.32 Å². The zero-order chi connectivity index (χ0) is 18.6. The van der Waals surface area contributed by atoms with Crippen LogP contribution < -0.4 is 5.32 Å². The average molecular weight is 340 g/mol. The molecule has 25 heavy (non-hydrogen) atoms. The van der Waals surface area contributed by atoms with Crippen molar-refractivity contribution in [2.45, 2.75) is 46.0 Å². The van der Waals surface area contributed by atoms with Crippen molar-refractivity contribution in [3.05, 3.63) is 69.3 Å². The molecule has 2 aromatic rings. The number of hydrogen-bond acceptors (Lipinski definition) is 3. The summed E-state index contributed by atoms with van der Waals surface area (Å²) < 4.78 is 0. The molecule has 2 rings (SSSR count). The Kier molecular flexibility index (Phi) is 5.57. The van der Waals surface area contributed by atoms with Gasteiger partial charge in [0.05, 0.1) is 4.92 Å². The lowest BCUT2D eigenvalue weighted by atomic mass is 9.86. The van der Waals surface area contributed by atoms with Crippen LogP contribution in [0.1, 0.15) is 43.9 Å². The maximum atomic E-state index is 12.1. The third-order valence-corrected chi connectivity index (χ3v) is 4.16. The van der Waals surface area contributed by atoms with Gasteiger partial charge in [0, 0.05) is 24.2 Å². The molecule has 0 aliphatic rings. The van der Waals surface area contributed by atoms with Crippen LogP contribution in [0.25, 0.3) is 0 Å². The summed E-state index contributed by atoms with van der Waals surface area (Å²) in [5.41, 5.74) is 3.81. The van der Waals surface area contributed by atoms with E-state index in [-0.39, 0.29) is 17.0 Å². The Hall–Kier alpha value is -2.69. The minimum Gasteiger partial charge on any atom is -0.326 e. The highest BCUT2D eigenvalue weighted by Gasteiger charge is 2.13. The minimum absolute atomic E-state index is 0.0226. The standard InChI is InChI=1S/C20H24N2O3/c1-14-13-17(22(24)25)10-11-18(14)21-19(23)12-7-15-5-8-16(9-6-15)20(2,3)4/h5-6,8-11,13H,7,12H2,1-4H3,(H,21,23). The monoisotopic (exact) mass is 340 g/mol. The number of anilines is 1. The zero-order valence-electron chi connectivity index (χ0n) is 15.1. The van der Waals surface area contributed by atoms with Gasteiger partial charge in [0.25, 0.3) is 5.69 Å². The Morgan fingerprint density at radius 1 is 1.12 bits per heavy atom. The Labute approximate surface area is 148 Å². The van der Waals surface area contributed by atoms with Crippen molar-refractivity contribution in [3.63, 3.8) is 0 Å². The molecule has 0 bridgehead atoms. The van der Waals surface area contributed by atoms with E-state index in [1.807, 2.05) is 0 Å². The van der Waals surface area contributed by atoms with Crippen LogP contribution in [0.4, 0.5) is 11.4 Å². The summed E-state index contributed by atoms with van der Waals surface area (Å²) in [6.45, 7) is 8.25. The molecule has 0 radical (unpaired) electrons. The second-order valence-electron chi connectivity index (χ2n) is 7.25. The lowest BCUT2D eigenvalue weighted by molar-refractivity contribution is -0.384. The number of aryl methyl sites for hydroxylation is 2. The average Bonchev–Trinajstić information content (AvgIpc) is 2.54. The van der Waals surface area contributed by atoms with Crippen LogP contribution in [0, 0.1) is 17.0 Å². The van der Waals surface area contributed by atoms with Gasteiger partial charge in [-0.2, -0.15) is 0 Å². The van der Waals surface area contributed by atoms with E-state index in [2.05, 4.69) is 50.4 Å². The molecule has 0 aliphatic carbocycles. The predicted octanol–water partition coefficient (Wildman–Crippen LogP) is 4.77. The summed E-state index contributed by atoms with van der Waals surface area (Å²) in [5, 5.41) is 13.6. The van der Waals surface area contributed by atoms with Crippen LogP contribution >= 0.6 is 0 Å². The van der Waals surface area contributed by atoms with Crippen molar-refractivity contribution in [1.29, 1.82) is 0 Å². The van der Waals surface area contributed by atoms with Gasteiger partial charge in [0.2, 0.25) is 5.91 Å². The number of carbonyl (C=O) groups is 1. The lowest BCUT2D eigenvalue weighted by Crippen LogP contribution is -2.13. The number of hydrogen-bond donors (Lipinski definition) is 1. The van der Waals surface area contributed by atoms with Gasteiger partial charge < -0.3 is 5.32 Å². The smallest absolute Gasteiger partial charge is 0.269 e. The molecule has 0 aromatic heterocycles. The fourth-order valence-electron chi connectivity index (χ4n) is 2.54. The van der Waals surface area contributed by atoms with Gasteiger partial charge in [-0.05, 0) is 41.5 Å². The summed E-state index contributed by atoms with van der Waals surface area (Å²) in [6, 6.07) is 12.8. The van der Waals surface area contributed by atoms with Gasteiger partial charge >= 0.3 is 0 Å². The quantitative estimate of drug-likeness (QED) is 0.629. The number of carbonyl (C=O) groups excluding carboxylic acids is 1. The van der Waals surface area contributed by atoms with Crippen molar-refractivity contribution in [1.82, 2.24) is 0 Å². The van der Waals surface area contributed by atoms with Crippen LogP contribution in [0.5, 0.6) is 0 Å². The predicted molar refractivity (Wildman–Crippen MR) is 99.9 cm³/mol. The van der Waals surface area contributed by atoms with E-state index >= 15 is 0 Å². The Morgan fingerprint density at radius 2 is 1.76 bits per heavy atom. The van der Waals surface area contributed by atoms with E-state index in [1.165, 1.54) is 17.7 Å². The second-order valence-corrected chi connectivity index (χ2v) is 7.25. The molecule has 132 valence electrons. The van der Waals surface area contributed by atoms with E-state index in [4.69, 9.17) is 0 Å². The van der Waals surface area contributed by atoms with Gasteiger partial charge in [0.1, 0.15) is 0 Å². The minimum atomic E-state index is -0.445. The molecule has 0 atom stereocenters. The molecule has 5 nitrogen and oxygen atoms in total. The van der Waals surface area contributed by atoms with E-state index < -0.39 is 4.92 Å². The lowest BCUT2D eigenvalue weighted by Gasteiger charge is -2.19. The van der Waals surface area contributed by atoms with Crippen molar-refractivity contribution in [3.8, 4) is 0 Å². The summed E-state index contributed by atoms with van der Waals surface area (Å²) in [7, 11) is 0. The van der Waals surface area contributed by atoms with Crippen molar-refractivity contribution in [2.24, 2.45) is 0 Å². The highest BCUT2D eigenvalue weighted by Crippen LogP contribution is 2.23. The van der Waals surface area contributed by atoms with E-state index in [0.29, 0.717) is 24.1 Å². The fraction of sp³-hybridized carbons (Fsp3) is 0.350. The Morgan fingerprint density at radius 3 is 2.28 bits per heavy atom. The van der Waals surface area contributed by atoms with Crippen molar-refractivity contribution >= 4 is 17.3 Å². The molecule has 0 saturated carbocycles. The summed E-state index contributed by atoms with van der Waals surface area (Å²) in [5.74, 6) is -0.100. The first kappa shape index (κ1) is 18.6. The van der Waals surface area contributed by atoms with Crippen LogP contribution in [0.3, 0.4) is 0 Å². The third-order valence-electron chi connectivity index (χ3n) is 4.16. The first-order valence-corrected chi connectivity index (χ1v) is 8.31. The SMILES string of the molecule is Cc1cc([N+](=O)[O-])ccc1NC(=O)CCc1ccc(C(C)(C)C)cc1. The first-order valence-electron chi connectivity index (χ1n) is 8.31. The summed E-state index contributed by atoms with van der Waals surface area (Å²) in [4.78, 5) is 22.4. The number of rotatable bonds is 5. The van der Waals surface area contributed by atoms with Crippen LogP contribution in [0.15, 0.2) is 42.5 Å². The highest BCUT2D eigenvalue weighted by molar-refractivity contribution is 5.91. The van der Waals surface area contributed by atoms with Crippen molar-refractivity contribution < 1.29 is 9.72 Å². The summed E-state index contributed by atoms with van der Waals surface area (Å²) in [6.07, 6.45) is 1.02. The zero-order valence-corrected chi connectivity index (χ0v) is 15.1. The number of nitrogens with zero attached hydrogens (tertiary/aromatic N) is 1. The third kappa shape index (κ3) is 5.14. The number of nitrogens with one attached hydrogen (secondary N) is 1. The highest BCUT2D eigenvalue weighted by atomic mass is 16.6. The number of nitro groups is 1. The first-order chi connectivity index (χ1) is 11.7. The van der Waals surface area contributed by atoms with Crippen LogP contribution in [0.2, 0.25) is 0 Å². The molecule has 1 amide bonds. The molecule has 1 N–H and O–H groups in total. The molecular formula is C20H24N2O3.